The van der Waals surface area contributed by atoms with Crippen molar-refractivity contribution in [1.29, 1.82) is 0 Å². The molecule has 2 aliphatic rings. The zero-order valence-corrected chi connectivity index (χ0v) is 13.8. The predicted octanol–water partition coefficient (Wildman–Crippen LogP) is 2.82. The van der Waals surface area contributed by atoms with Gasteiger partial charge in [-0.05, 0) is 44.3 Å². The molecule has 0 spiro atoms. The summed E-state index contributed by atoms with van der Waals surface area (Å²) in [5, 5.41) is 14.3. The topological polar surface area (TPSA) is 41.5 Å². The molecule has 2 saturated carbocycles. The molecule has 0 aromatic heterocycles. The minimum atomic E-state index is -0.361. The molecule has 0 radical (unpaired) electrons. The van der Waals surface area contributed by atoms with Gasteiger partial charge in [-0.15, -0.1) is 0 Å². The van der Waals surface area contributed by atoms with E-state index in [1.807, 2.05) is 11.8 Å². The number of rotatable bonds is 7. The molecule has 0 saturated heterocycles. The first-order valence-corrected chi connectivity index (χ1v) is 9.52. The van der Waals surface area contributed by atoms with Gasteiger partial charge in [0.1, 0.15) is 0 Å². The molecule has 0 aromatic rings. The molecule has 2 aliphatic carbocycles. The van der Waals surface area contributed by atoms with Gasteiger partial charge in [0.25, 0.3) is 0 Å². The molecule has 118 valence electrons. The van der Waals surface area contributed by atoms with E-state index in [1.54, 1.807) is 0 Å². The van der Waals surface area contributed by atoms with Crippen LogP contribution in [0.4, 0.5) is 0 Å². The molecule has 0 amide bonds. The van der Waals surface area contributed by atoms with Gasteiger partial charge in [0.05, 0.1) is 18.8 Å². The van der Waals surface area contributed by atoms with Crippen LogP contribution in [-0.2, 0) is 4.74 Å². The maximum absolute atomic E-state index is 10.0. The minimum absolute atomic E-state index is 0.361. The molecular formula is C16H31NO2S. The summed E-state index contributed by atoms with van der Waals surface area (Å²) < 4.78 is 5.88. The lowest BCUT2D eigenvalue weighted by Crippen LogP contribution is -2.37. The van der Waals surface area contributed by atoms with E-state index >= 15 is 0 Å². The molecule has 5 atom stereocenters. The fourth-order valence-corrected chi connectivity index (χ4v) is 4.27. The van der Waals surface area contributed by atoms with Crippen LogP contribution < -0.4 is 5.32 Å². The summed E-state index contributed by atoms with van der Waals surface area (Å²) >= 11 is 1.97. The van der Waals surface area contributed by atoms with Crippen molar-refractivity contribution >= 4 is 11.8 Å². The van der Waals surface area contributed by atoms with Crippen molar-refractivity contribution in [2.75, 3.05) is 19.4 Å². The van der Waals surface area contributed by atoms with Crippen LogP contribution in [0.2, 0.25) is 0 Å². The van der Waals surface area contributed by atoms with Gasteiger partial charge in [-0.3, -0.25) is 0 Å². The number of hydrogen-bond acceptors (Lipinski definition) is 4. The molecule has 3 nitrogen and oxygen atoms in total. The Bertz CT molecular complexity index is 277. The summed E-state index contributed by atoms with van der Waals surface area (Å²) in [5.74, 6) is 0.783. The number of aliphatic hydroxyl groups excluding tert-OH is 1. The van der Waals surface area contributed by atoms with Crippen molar-refractivity contribution in [3.63, 3.8) is 0 Å². The number of aliphatic hydroxyl groups is 1. The maximum atomic E-state index is 10.0. The SMILES string of the molecule is CSC1CCC(NCC(O)COC2CCCC(C)C2)C1. The van der Waals surface area contributed by atoms with Crippen molar-refractivity contribution in [3.8, 4) is 0 Å². The summed E-state index contributed by atoms with van der Waals surface area (Å²) in [5.41, 5.74) is 0. The van der Waals surface area contributed by atoms with E-state index in [0.717, 1.165) is 17.6 Å². The Labute approximate surface area is 128 Å². The Morgan fingerprint density at radius 1 is 1.25 bits per heavy atom. The van der Waals surface area contributed by atoms with Crippen molar-refractivity contribution in [2.24, 2.45) is 5.92 Å². The van der Waals surface area contributed by atoms with Gasteiger partial charge in [0.2, 0.25) is 0 Å². The summed E-state index contributed by atoms with van der Waals surface area (Å²) in [6.45, 7) is 3.47. The summed E-state index contributed by atoms with van der Waals surface area (Å²) in [7, 11) is 0. The third kappa shape index (κ3) is 5.55. The van der Waals surface area contributed by atoms with Crippen molar-refractivity contribution < 1.29 is 9.84 Å². The van der Waals surface area contributed by atoms with Crippen LogP contribution in [0.25, 0.3) is 0 Å². The zero-order chi connectivity index (χ0) is 14.4. The third-order valence-corrected chi connectivity index (χ3v) is 5.87. The van der Waals surface area contributed by atoms with Gasteiger partial charge in [0, 0.05) is 17.8 Å². The second-order valence-corrected chi connectivity index (χ2v) is 7.79. The molecule has 4 heteroatoms. The Hall–Kier alpha value is 0.230. The fourth-order valence-electron chi connectivity index (χ4n) is 3.48. The molecular weight excluding hydrogens is 270 g/mol. The van der Waals surface area contributed by atoms with E-state index < -0.39 is 0 Å². The molecule has 0 aromatic carbocycles. The van der Waals surface area contributed by atoms with Crippen LogP contribution in [0.15, 0.2) is 0 Å². The van der Waals surface area contributed by atoms with Crippen molar-refractivity contribution in [3.05, 3.63) is 0 Å². The van der Waals surface area contributed by atoms with Crippen LogP contribution in [0.3, 0.4) is 0 Å². The highest BCUT2D eigenvalue weighted by Crippen LogP contribution is 2.28. The van der Waals surface area contributed by atoms with Gasteiger partial charge in [0.15, 0.2) is 0 Å². The second-order valence-electron chi connectivity index (χ2n) is 6.66. The molecule has 2 fully saturated rings. The molecule has 2 rings (SSSR count). The highest BCUT2D eigenvalue weighted by molar-refractivity contribution is 7.99. The smallest absolute Gasteiger partial charge is 0.0897 e. The van der Waals surface area contributed by atoms with Crippen LogP contribution in [0.5, 0.6) is 0 Å². The van der Waals surface area contributed by atoms with Crippen LogP contribution in [-0.4, -0.2) is 48.0 Å². The van der Waals surface area contributed by atoms with Gasteiger partial charge >= 0.3 is 0 Å². The highest BCUT2D eigenvalue weighted by Gasteiger charge is 2.24. The lowest BCUT2D eigenvalue weighted by Gasteiger charge is -2.28. The third-order valence-electron chi connectivity index (χ3n) is 4.77. The molecule has 2 N–H and O–H groups in total. The quantitative estimate of drug-likeness (QED) is 0.759. The summed E-state index contributed by atoms with van der Waals surface area (Å²) in [6.07, 6.45) is 11.0. The monoisotopic (exact) mass is 301 g/mol. The van der Waals surface area contributed by atoms with Crippen LogP contribution >= 0.6 is 11.8 Å². The van der Waals surface area contributed by atoms with Crippen LogP contribution in [0.1, 0.15) is 51.9 Å². The van der Waals surface area contributed by atoms with Gasteiger partial charge in [-0.2, -0.15) is 11.8 Å². The van der Waals surface area contributed by atoms with E-state index in [2.05, 4.69) is 18.5 Å². The number of hydrogen-bond donors (Lipinski definition) is 2. The van der Waals surface area contributed by atoms with E-state index in [1.165, 1.54) is 38.5 Å². The summed E-state index contributed by atoms with van der Waals surface area (Å²) in [4.78, 5) is 0. The average molecular weight is 301 g/mol. The lowest BCUT2D eigenvalue weighted by atomic mass is 9.89. The van der Waals surface area contributed by atoms with E-state index in [-0.39, 0.29) is 6.10 Å². The molecule has 20 heavy (non-hydrogen) atoms. The molecule has 5 unspecified atom stereocenters. The Kier molecular flexibility index (Phi) is 7.15. The van der Waals surface area contributed by atoms with E-state index in [0.29, 0.717) is 25.3 Å². The normalized spacial score (nSPS) is 36.1. The minimum Gasteiger partial charge on any atom is -0.389 e. The second kappa shape index (κ2) is 8.62. The Balaban J connectivity index is 1.55. The predicted molar refractivity (Wildman–Crippen MR) is 86.3 cm³/mol. The first kappa shape index (κ1) is 16.6. The molecule has 0 aliphatic heterocycles. The fraction of sp³-hybridized carbons (Fsp3) is 1.00. The van der Waals surface area contributed by atoms with Gasteiger partial charge in [-0.25, -0.2) is 0 Å². The number of ether oxygens (including phenoxy) is 1. The first-order valence-electron chi connectivity index (χ1n) is 8.23. The first-order chi connectivity index (χ1) is 9.67. The standard InChI is InChI=1S/C16H31NO2S/c1-12-4-3-5-15(8-12)19-11-14(18)10-17-13-6-7-16(9-13)20-2/h12-18H,3-11H2,1-2H3. The maximum Gasteiger partial charge on any atom is 0.0897 e. The highest BCUT2D eigenvalue weighted by atomic mass is 32.2. The van der Waals surface area contributed by atoms with Crippen molar-refractivity contribution in [2.45, 2.75) is 75.4 Å². The van der Waals surface area contributed by atoms with E-state index in [4.69, 9.17) is 4.74 Å². The summed E-state index contributed by atoms with van der Waals surface area (Å²) in [6, 6.07) is 0.594. The molecule has 0 bridgehead atoms. The lowest BCUT2D eigenvalue weighted by molar-refractivity contribution is -0.0311. The zero-order valence-electron chi connectivity index (χ0n) is 13.0. The Morgan fingerprint density at radius 3 is 2.80 bits per heavy atom. The molecule has 0 heterocycles. The van der Waals surface area contributed by atoms with Gasteiger partial charge < -0.3 is 15.2 Å². The number of thioether (sulfide) groups is 1. The van der Waals surface area contributed by atoms with Crippen molar-refractivity contribution in [1.82, 2.24) is 5.32 Å². The average Bonchev–Trinajstić information content (AvgIpc) is 2.91. The Morgan fingerprint density at radius 2 is 2.10 bits per heavy atom. The van der Waals surface area contributed by atoms with Gasteiger partial charge in [-0.1, -0.05) is 19.8 Å². The van der Waals surface area contributed by atoms with Crippen LogP contribution in [0, 0.1) is 5.92 Å². The van der Waals surface area contributed by atoms with E-state index in [9.17, 15) is 5.11 Å². The largest absolute Gasteiger partial charge is 0.389 e. The number of nitrogens with one attached hydrogen (secondary N) is 1.